The van der Waals surface area contributed by atoms with Crippen LogP contribution in [0.2, 0.25) is 0 Å². The summed E-state index contributed by atoms with van der Waals surface area (Å²) in [5, 5.41) is 8.54. The first-order chi connectivity index (χ1) is 12.6. The van der Waals surface area contributed by atoms with E-state index in [2.05, 4.69) is 26.8 Å². The van der Waals surface area contributed by atoms with Crippen LogP contribution in [0.15, 0.2) is 29.2 Å². The van der Waals surface area contributed by atoms with E-state index in [0.717, 1.165) is 38.0 Å². The second kappa shape index (κ2) is 7.50. The van der Waals surface area contributed by atoms with Gasteiger partial charge < -0.3 is 9.64 Å². The molecule has 26 heavy (non-hydrogen) atoms. The quantitative estimate of drug-likeness (QED) is 0.824. The smallest absolute Gasteiger partial charge is 0.225 e. The fraction of sp³-hybridized carbons (Fsp3) is 0.579. The van der Waals surface area contributed by atoms with Crippen molar-refractivity contribution in [3.05, 3.63) is 40.3 Å². The molecule has 2 aromatic rings. The Kier molecular flexibility index (Phi) is 5.11. The number of amides is 1. The molecular formula is C19H26N4O2S. The molecule has 2 fully saturated rings. The Morgan fingerprint density at radius 2 is 2.08 bits per heavy atom. The van der Waals surface area contributed by atoms with E-state index in [1.807, 2.05) is 24.3 Å². The Morgan fingerprint density at radius 1 is 1.23 bits per heavy atom. The van der Waals surface area contributed by atoms with Crippen LogP contribution in [0.4, 0.5) is 0 Å². The van der Waals surface area contributed by atoms with E-state index in [9.17, 15) is 4.79 Å². The van der Waals surface area contributed by atoms with Gasteiger partial charge in [0.1, 0.15) is 0 Å². The second-order valence-electron chi connectivity index (χ2n) is 7.45. The highest BCUT2D eigenvalue weighted by atomic mass is 32.1. The summed E-state index contributed by atoms with van der Waals surface area (Å²) in [6, 6.07) is 2.19. The number of rotatable bonds is 4. The summed E-state index contributed by atoms with van der Waals surface area (Å²) in [5.74, 6) is 0.206. The molecule has 7 heteroatoms. The number of hydrogen-bond acceptors (Lipinski definition) is 5. The highest BCUT2D eigenvalue weighted by Gasteiger charge is 2.40. The lowest BCUT2D eigenvalue weighted by atomic mass is 9.87. The molecule has 0 aromatic carbocycles. The molecular weight excluding hydrogens is 348 g/mol. The van der Waals surface area contributed by atoms with Gasteiger partial charge in [0.25, 0.3) is 0 Å². The van der Waals surface area contributed by atoms with Crippen molar-refractivity contribution in [2.24, 2.45) is 7.05 Å². The number of ether oxygens (including phenoxy) is 1. The molecule has 2 aliphatic heterocycles. The molecule has 1 spiro atoms. The lowest BCUT2D eigenvalue weighted by Crippen LogP contribution is -2.47. The average Bonchev–Trinajstić information content (AvgIpc) is 3.25. The van der Waals surface area contributed by atoms with E-state index in [4.69, 9.17) is 4.74 Å². The zero-order valence-corrected chi connectivity index (χ0v) is 16.1. The van der Waals surface area contributed by atoms with Gasteiger partial charge in [-0.05, 0) is 35.2 Å². The fourth-order valence-electron chi connectivity index (χ4n) is 3.96. The molecule has 6 nitrogen and oxygen atoms in total. The summed E-state index contributed by atoms with van der Waals surface area (Å²) < 4.78 is 8.03. The monoisotopic (exact) mass is 374 g/mol. The van der Waals surface area contributed by atoms with Gasteiger partial charge in [0.05, 0.1) is 24.8 Å². The minimum absolute atomic E-state index is 0.206. The van der Waals surface area contributed by atoms with Crippen molar-refractivity contribution >= 4 is 17.2 Å². The van der Waals surface area contributed by atoms with Crippen LogP contribution in [0.1, 0.15) is 30.4 Å². The van der Waals surface area contributed by atoms with Crippen molar-refractivity contribution < 1.29 is 9.53 Å². The van der Waals surface area contributed by atoms with E-state index < -0.39 is 0 Å². The van der Waals surface area contributed by atoms with Crippen molar-refractivity contribution in [3.63, 3.8) is 0 Å². The van der Waals surface area contributed by atoms with Crippen molar-refractivity contribution in [3.8, 4) is 0 Å². The van der Waals surface area contributed by atoms with E-state index in [-0.39, 0.29) is 11.5 Å². The predicted octanol–water partition coefficient (Wildman–Crippen LogP) is 2.27. The number of piperidine rings is 1. The van der Waals surface area contributed by atoms with E-state index in [0.29, 0.717) is 26.1 Å². The summed E-state index contributed by atoms with van der Waals surface area (Å²) >= 11 is 1.75. The third-order valence-electron chi connectivity index (χ3n) is 5.48. The van der Waals surface area contributed by atoms with E-state index in [1.165, 1.54) is 5.56 Å². The number of thiophene rings is 1. The van der Waals surface area contributed by atoms with Gasteiger partial charge in [-0.1, -0.05) is 0 Å². The molecule has 0 saturated carbocycles. The number of carbonyl (C=O) groups excluding carboxylic acids is 1. The Labute approximate surface area is 158 Å². The van der Waals surface area contributed by atoms with E-state index >= 15 is 0 Å². The summed E-state index contributed by atoms with van der Waals surface area (Å²) in [7, 11) is 1.90. The van der Waals surface area contributed by atoms with Crippen molar-refractivity contribution in [1.82, 2.24) is 19.6 Å². The predicted molar refractivity (Wildman–Crippen MR) is 101 cm³/mol. The van der Waals surface area contributed by atoms with Crippen LogP contribution in [0.3, 0.4) is 0 Å². The first kappa shape index (κ1) is 17.7. The van der Waals surface area contributed by atoms with Gasteiger partial charge in [-0.3, -0.25) is 14.4 Å². The maximum absolute atomic E-state index is 12.8. The van der Waals surface area contributed by atoms with Crippen LogP contribution in [0.25, 0.3) is 0 Å². The standard InChI is InChI=1S/C19H26N4O2S/c1-21-12-17(11-20-21)14-23-7-8-25-19(10-18(23)24)3-5-22(6-4-19)13-16-2-9-26-15-16/h2,9,11-12,15H,3-8,10,13-14H2,1H3. The van der Waals surface area contributed by atoms with Crippen molar-refractivity contribution in [2.75, 3.05) is 26.2 Å². The largest absolute Gasteiger partial charge is 0.373 e. The van der Waals surface area contributed by atoms with Crippen LogP contribution < -0.4 is 0 Å². The topological polar surface area (TPSA) is 50.6 Å². The minimum Gasteiger partial charge on any atom is -0.373 e. The first-order valence-corrected chi connectivity index (χ1v) is 10.2. The van der Waals surface area contributed by atoms with Crippen molar-refractivity contribution in [1.29, 1.82) is 0 Å². The molecule has 0 radical (unpaired) electrons. The Morgan fingerprint density at radius 3 is 2.77 bits per heavy atom. The Balaban J connectivity index is 1.34. The van der Waals surface area contributed by atoms with Gasteiger partial charge in [0, 0.05) is 51.5 Å². The lowest BCUT2D eigenvalue weighted by Gasteiger charge is -2.40. The third-order valence-corrected chi connectivity index (χ3v) is 6.21. The average molecular weight is 375 g/mol. The molecule has 2 aliphatic rings. The second-order valence-corrected chi connectivity index (χ2v) is 8.23. The lowest BCUT2D eigenvalue weighted by molar-refractivity contribution is -0.136. The number of aromatic nitrogens is 2. The highest BCUT2D eigenvalue weighted by Crippen LogP contribution is 2.33. The molecule has 0 N–H and O–H groups in total. The van der Waals surface area contributed by atoms with Crippen LogP contribution in [-0.2, 0) is 29.7 Å². The van der Waals surface area contributed by atoms with Gasteiger partial charge in [-0.15, -0.1) is 0 Å². The number of hydrogen-bond donors (Lipinski definition) is 0. The maximum atomic E-state index is 12.8. The molecule has 140 valence electrons. The van der Waals surface area contributed by atoms with Crippen molar-refractivity contribution in [2.45, 2.75) is 38.0 Å². The Bertz CT molecular complexity index is 735. The normalized spacial score (nSPS) is 21.3. The Hall–Kier alpha value is -1.70. The molecule has 4 rings (SSSR count). The van der Waals surface area contributed by atoms with Crippen LogP contribution >= 0.6 is 11.3 Å². The van der Waals surface area contributed by atoms with Crippen LogP contribution in [0.5, 0.6) is 0 Å². The molecule has 0 unspecified atom stereocenters. The molecule has 2 aromatic heterocycles. The first-order valence-electron chi connectivity index (χ1n) is 9.25. The number of likely N-dealkylation sites (tertiary alicyclic amines) is 1. The summed E-state index contributed by atoms with van der Waals surface area (Å²) in [5.41, 5.74) is 2.18. The molecule has 0 aliphatic carbocycles. The SMILES string of the molecule is Cn1cc(CN2CCOC3(CCN(Cc4ccsc4)CC3)CC2=O)cn1. The summed E-state index contributed by atoms with van der Waals surface area (Å²) in [6.45, 7) is 4.89. The number of nitrogens with zero attached hydrogens (tertiary/aromatic N) is 4. The van der Waals surface area contributed by atoms with Gasteiger partial charge in [0.15, 0.2) is 0 Å². The third kappa shape index (κ3) is 4.00. The maximum Gasteiger partial charge on any atom is 0.225 e. The molecule has 1 amide bonds. The van der Waals surface area contributed by atoms with Gasteiger partial charge in [-0.2, -0.15) is 16.4 Å². The fourth-order valence-corrected chi connectivity index (χ4v) is 4.62. The minimum atomic E-state index is -0.272. The van der Waals surface area contributed by atoms with Gasteiger partial charge in [0.2, 0.25) is 5.91 Å². The highest BCUT2D eigenvalue weighted by molar-refractivity contribution is 7.07. The van der Waals surface area contributed by atoms with Crippen LogP contribution in [-0.4, -0.2) is 57.3 Å². The van der Waals surface area contributed by atoms with Crippen LogP contribution in [0, 0.1) is 0 Å². The molecule has 0 atom stereocenters. The zero-order valence-electron chi connectivity index (χ0n) is 15.3. The van der Waals surface area contributed by atoms with Gasteiger partial charge >= 0.3 is 0 Å². The summed E-state index contributed by atoms with van der Waals surface area (Å²) in [6.07, 6.45) is 6.17. The zero-order chi connectivity index (χ0) is 18.0. The summed E-state index contributed by atoms with van der Waals surface area (Å²) in [4.78, 5) is 17.2. The number of aryl methyl sites for hydroxylation is 1. The molecule has 0 bridgehead atoms. The number of carbonyl (C=O) groups is 1. The molecule has 2 saturated heterocycles. The molecule has 4 heterocycles. The van der Waals surface area contributed by atoms with E-state index in [1.54, 1.807) is 16.0 Å². The van der Waals surface area contributed by atoms with Gasteiger partial charge in [-0.25, -0.2) is 0 Å².